The lowest BCUT2D eigenvalue weighted by Crippen LogP contribution is -2.35. The summed E-state index contributed by atoms with van der Waals surface area (Å²) in [6.45, 7) is 2.40. The monoisotopic (exact) mass is 407 g/mol. The molecule has 1 saturated heterocycles. The van der Waals surface area contributed by atoms with Crippen LogP contribution in [0.3, 0.4) is 0 Å². The number of hydrogen-bond acceptors (Lipinski definition) is 6. The molecule has 28 heavy (non-hydrogen) atoms. The van der Waals surface area contributed by atoms with E-state index in [9.17, 15) is 18.0 Å². The summed E-state index contributed by atoms with van der Waals surface area (Å²) >= 11 is 0. The van der Waals surface area contributed by atoms with Crippen LogP contribution in [0.4, 0.5) is 0 Å². The Kier molecular flexibility index (Phi) is 7.54. The summed E-state index contributed by atoms with van der Waals surface area (Å²) in [7, 11) is -2.15. The highest BCUT2D eigenvalue weighted by atomic mass is 32.2. The first-order valence-corrected chi connectivity index (χ1v) is 10.6. The van der Waals surface area contributed by atoms with Crippen LogP contribution >= 0.6 is 0 Å². The third kappa shape index (κ3) is 5.30. The van der Waals surface area contributed by atoms with E-state index in [1.807, 2.05) is 6.07 Å². The van der Waals surface area contributed by atoms with Gasteiger partial charge in [-0.05, 0) is 37.5 Å². The van der Waals surface area contributed by atoms with E-state index in [2.05, 4.69) is 0 Å². The van der Waals surface area contributed by atoms with Crippen LogP contribution in [0.5, 0.6) is 0 Å². The van der Waals surface area contributed by atoms with Gasteiger partial charge in [-0.25, -0.2) is 13.2 Å². The lowest BCUT2D eigenvalue weighted by atomic mass is 10.1. The molecule has 2 rings (SSSR count). The largest absolute Gasteiger partial charge is 0.452 e. The second-order valence-corrected chi connectivity index (χ2v) is 8.68. The van der Waals surface area contributed by atoms with Gasteiger partial charge in [0.05, 0.1) is 22.9 Å². The number of aryl methyl sites for hydroxylation is 1. The Morgan fingerprint density at radius 3 is 2.57 bits per heavy atom. The molecule has 0 saturated carbocycles. The van der Waals surface area contributed by atoms with Crippen molar-refractivity contribution in [1.29, 1.82) is 5.26 Å². The van der Waals surface area contributed by atoms with Gasteiger partial charge in [-0.1, -0.05) is 12.5 Å². The molecule has 0 unspecified atom stereocenters. The molecule has 1 heterocycles. The molecule has 1 aliphatic heterocycles. The van der Waals surface area contributed by atoms with Crippen molar-refractivity contribution in [2.45, 2.75) is 37.5 Å². The second-order valence-electron chi connectivity index (χ2n) is 6.74. The van der Waals surface area contributed by atoms with Gasteiger partial charge in [0.2, 0.25) is 10.0 Å². The topological polar surface area (TPSA) is 108 Å². The third-order valence-corrected chi connectivity index (χ3v) is 6.59. The molecule has 0 aliphatic carbocycles. The highest BCUT2D eigenvalue weighted by Crippen LogP contribution is 2.23. The standard InChI is InChI=1S/C19H25N3O5S/c1-15-7-8-16(28(25,26)22-11-4-3-5-12-22)13-17(15)19(24)27-14-18(23)21(2)10-6-9-20/h7-8,13H,3-6,10-12,14H2,1-2H3. The molecule has 1 fully saturated rings. The molecule has 1 aromatic rings. The van der Waals surface area contributed by atoms with Crippen LogP contribution in [0.15, 0.2) is 23.1 Å². The smallest absolute Gasteiger partial charge is 0.338 e. The van der Waals surface area contributed by atoms with Gasteiger partial charge < -0.3 is 9.64 Å². The maximum Gasteiger partial charge on any atom is 0.338 e. The van der Waals surface area contributed by atoms with E-state index in [0.29, 0.717) is 18.7 Å². The minimum atomic E-state index is -3.67. The van der Waals surface area contributed by atoms with E-state index in [4.69, 9.17) is 10.00 Å². The summed E-state index contributed by atoms with van der Waals surface area (Å²) in [5.74, 6) is -1.19. The Bertz CT molecular complexity index is 870. The van der Waals surface area contributed by atoms with E-state index in [1.165, 1.54) is 28.4 Å². The first-order chi connectivity index (χ1) is 13.3. The van der Waals surface area contributed by atoms with Gasteiger partial charge in [-0.2, -0.15) is 9.57 Å². The highest BCUT2D eigenvalue weighted by Gasteiger charge is 2.27. The van der Waals surface area contributed by atoms with Crippen molar-refractivity contribution in [3.05, 3.63) is 29.3 Å². The molecule has 0 bridgehead atoms. The molecule has 0 radical (unpaired) electrons. The zero-order valence-corrected chi connectivity index (χ0v) is 17.0. The molecule has 1 aromatic carbocycles. The Morgan fingerprint density at radius 2 is 1.93 bits per heavy atom. The number of hydrogen-bond donors (Lipinski definition) is 0. The average Bonchev–Trinajstić information content (AvgIpc) is 2.70. The molecule has 0 N–H and O–H groups in total. The predicted octanol–water partition coefficient (Wildman–Crippen LogP) is 1.70. The van der Waals surface area contributed by atoms with Gasteiger partial charge >= 0.3 is 5.97 Å². The summed E-state index contributed by atoms with van der Waals surface area (Å²) in [6, 6.07) is 6.29. The van der Waals surface area contributed by atoms with Crippen LogP contribution in [0.1, 0.15) is 41.6 Å². The highest BCUT2D eigenvalue weighted by molar-refractivity contribution is 7.89. The van der Waals surface area contributed by atoms with Crippen molar-refractivity contribution >= 4 is 21.9 Å². The molecule has 9 heteroatoms. The SMILES string of the molecule is Cc1ccc(S(=O)(=O)N2CCCCC2)cc1C(=O)OCC(=O)N(C)CCC#N. The zero-order valence-electron chi connectivity index (χ0n) is 16.2. The molecule has 8 nitrogen and oxygen atoms in total. The number of nitriles is 1. The fourth-order valence-corrected chi connectivity index (χ4v) is 4.44. The first kappa shape index (κ1) is 21.9. The predicted molar refractivity (Wildman–Crippen MR) is 102 cm³/mol. The minimum Gasteiger partial charge on any atom is -0.452 e. The van der Waals surface area contributed by atoms with E-state index in [0.717, 1.165) is 19.3 Å². The number of likely N-dealkylation sites (N-methyl/N-ethyl adjacent to an activating group) is 1. The van der Waals surface area contributed by atoms with E-state index in [1.54, 1.807) is 13.0 Å². The maximum atomic E-state index is 12.8. The summed E-state index contributed by atoms with van der Waals surface area (Å²) in [4.78, 5) is 25.7. The minimum absolute atomic E-state index is 0.0458. The van der Waals surface area contributed by atoms with Crippen molar-refractivity contribution in [2.24, 2.45) is 0 Å². The maximum absolute atomic E-state index is 12.8. The van der Waals surface area contributed by atoms with Crippen molar-refractivity contribution in [2.75, 3.05) is 33.3 Å². The Hall–Kier alpha value is -2.44. The van der Waals surface area contributed by atoms with Crippen LogP contribution in [0.2, 0.25) is 0 Å². The quantitative estimate of drug-likeness (QED) is 0.637. The average molecular weight is 407 g/mol. The van der Waals surface area contributed by atoms with E-state index >= 15 is 0 Å². The third-order valence-electron chi connectivity index (χ3n) is 4.69. The van der Waals surface area contributed by atoms with Gasteiger partial charge in [0.25, 0.3) is 5.91 Å². The second kappa shape index (κ2) is 9.66. The van der Waals surface area contributed by atoms with Crippen molar-refractivity contribution in [3.8, 4) is 6.07 Å². The molecule has 0 aromatic heterocycles. The lowest BCUT2D eigenvalue weighted by Gasteiger charge is -2.26. The number of carbonyl (C=O) groups is 2. The normalized spacial score (nSPS) is 14.9. The number of amides is 1. The van der Waals surface area contributed by atoms with Crippen molar-refractivity contribution in [3.63, 3.8) is 0 Å². The van der Waals surface area contributed by atoms with E-state index in [-0.39, 0.29) is 23.4 Å². The summed E-state index contributed by atoms with van der Waals surface area (Å²) in [6.07, 6.45) is 2.84. The Labute approximate surface area is 165 Å². The molecule has 0 atom stereocenters. The Morgan fingerprint density at radius 1 is 1.25 bits per heavy atom. The van der Waals surface area contributed by atoms with Crippen molar-refractivity contribution < 1.29 is 22.7 Å². The number of rotatable bonds is 7. The van der Waals surface area contributed by atoms with Gasteiger partial charge in [-0.3, -0.25) is 4.79 Å². The van der Waals surface area contributed by atoms with Gasteiger partial charge in [0.15, 0.2) is 6.61 Å². The fourth-order valence-electron chi connectivity index (χ4n) is 2.89. The first-order valence-electron chi connectivity index (χ1n) is 9.16. The van der Waals surface area contributed by atoms with Crippen LogP contribution in [-0.4, -0.2) is 62.8 Å². The van der Waals surface area contributed by atoms with E-state index < -0.39 is 28.5 Å². The van der Waals surface area contributed by atoms with Crippen molar-refractivity contribution in [1.82, 2.24) is 9.21 Å². The molecule has 1 aliphatic rings. The lowest BCUT2D eigenvalue weighted by molar-refractivity contribution is -0.133. The summed E-state index contributed by atoms with van der Waals surface area (Å²) < 4.78 is 32.1. The summed E-state index contributed by atoms with van der Waals surface area (Å²) in [5.41, 5.74) is 0.679. The van der Waals surface area contributed by atoms with Crippen LogP contribution in [0.25, 0.3) is 0 Å². The fraction of sp³-hybridized carbons (Fsp3) is 0.526. The van der Waals surface area contributed by atoms with Crippen LogP contribution in [-0.2, 0) is 19.6 Å². The Balaban J connectivity index is 2.11. The number of piperidine rings is 1. The number of carbonyl (C=O) groups excluding carboxylic acids is 2. The number of benzene rings is 1. The molecule has 152 valence electrons. The van der Waals surface area contributed by atoms with Crippen LogP contribution in [0, 0.1) is 18.3 Å². The molecular formula is C19H25N3O5S. The number of sulfonamides is 1. The number of esters is 1. The van der Waals surface area contributed by atoms with Crippen LogP contribution < -0.4 is 0 Å². The molecule has 1 amide bonds. The number of ether oxygens (including phenoxy) is 1. The zero-order chi connectivity index (χ0) is 20.7. The van der Waals surface area contributed by atoms with Gasteiger partial charge in [0, 0.05) is 26.7 Å². The number of nitrogens with zero attached hydrogens (tertiary/aromatic N) is 3. The van der Waals surface area contributed by atoms with Gasteiger partial charge in [-0.15, -0.1) is 0 Å². The summed E-state index contributed by atoms with van der Waals surface area (Å²) in [5, 5.41) is 8.55. The van der Waals surface area contributed by atoms with Gasteiger partial charge in [0.1, 0.15) is 0 Å². The molecule has 0 spiro atoms. The molecular weight excluding hydrogens is 382 g/mol.